The summed E-state index contributed by atoms with van der Waals surface area (Å²) in [7, 11) is 4.28. The van der Waals surface area contributed by atoms with Crippen molar-refractivity contribution in [3.8, 4) is 17.4 Å². The van der Waals surface area contributed by atoms with Gasteiger partial charge in [0.15, 0.2) is 10.9 Å². The molecule has 0 atom stereocenters. The molecule has 0 saturated heterocycles. The fourth-order valence-electron chi connectivity index (χ4n) is 1.69. The summed E-state index contributed by atoms with van der Waals surface area (Å²) < 4.78 is 15.1. The van der Waals surface area contributed by atoms with Gasteiger partial charge in [-0.2, -0.15) is 0 Å². The average Bonchev–Trinajstić information content (AvgIpc) is 2.61. The number of fused-ring (bicyclic) bond motifs is 1. The van der Waals surface area contributed by atoms with Gasteiger partial charge in [-0.05, 0) is 4.85 Å². The maximum absolute atomic E-state index is 11.6. The molecule has 1 aromatic carbocycles. The van der Waals surface area contributed by atoms with Gasteiger partial charge in [-0.15, -0.1) is 0 Å². The van der Waals surface area contributed by atoms with E-state index in [-0.39, 0.29) is 16.2 Å². The van der Waals surface area contributed by atoms with Crippen LogP contribution in [0.15, 0.2) is 12.1 Å². The number of hydrogen-bond acceptors (Lipinski definition) is 5. The van der Waals surface area contributed by atoms with Crippen molar-refractivity contribution in [3.05, 3.63) is 17.3 Å². The van der Waals surface area contributed by atoms with Crippen LogP contribution in [0.2, 0.25) is 0 Å². The number of ether oxygens (including phenoxy) is 3. The second-order valence-electron chi connectivity index (χ2n) is 3.30. The summed E-state index contributed by atoms with van der Waals surface area (Å²) in [6.07, 6.45) is 0. The molecule has 7 nitrogen and oxygen atoms in total. The van der Waals surface area contributed by atoms with E-state index >= 15 is 0 Å². The van der Waals surface area contributed by atoms with E-state index in [1.165, 1.54) is 27.4 Å². The van der Waals surface area contributed by atoms with Crippen molar-refractivity contribution in [2.45, 2.75) is 0 Å². The number of hydrogen-bond donors (Lipinski definition) is 1. The first-order valence-corrected chi connectivity index (χ1v) is 4.77. The monoisotopic (exact) mass is 240 g/mol. The summed E-state index contributed by atoms with van der Waals surface area (Å²) in [6, 6.07) is 3.11. The first kappa shape index (κ1) is 11.2. The molecule has 0 spiro atoms. The van der Waals surface area contributed by atoms with Crippen LogP contribution < -0.4 is 19.1 Å². The Hall–Kier alpha value is -2.31. The number of nitrogens with zero attached hydrogens (tertiary/aromatic N) is 2. The van der Waals surface area contributed by atoms with E-state index in [1.54, 1.807) is 6.07 Å². The lowest BCUT2D eigenvalue weighted by Gasteiger charge is -2.04. The number of methoxy groups -OCH3 is 3. The Morgan fingerprint density at radius 1 is 1.18 bits per heavy atom. The standard InChI is InChI=1S/C10H12N2O5/c1-15-6-4-7-9(8(5-6)16-2)10(17-3)12(14)11(7)13/h4-5,13H,1-3H3. The fraction of sp³-hybridized carbons (Fsp3) is 0.300. The fourth-order valence-corrected chi connectivity index (χ4v) is 1.69. The van der Waals surface area contributed by atoms with Crippen LogP contribution >= 0.6 is 0 Å². The molecule has 0 fully saturated rings. The van der Waals surface area contributed by atoms with Crippen molar-refractivity contribution >= 4 is 10.9 Å². The van der Waals surface area contributed by atoms with Gasteiger partial charge in [-0.25, -0.2) is 0 Å². The summed E-state index contributed by atoms with van der Waals surface area (Å²) in [5.74, 6) is 0.806. The van der Waals surface area contributed by atoms with E-state index in [2.05, 4.69) is 0 Å². The zero-order chi connectivity index (χ0) is 12.6. The molecule has 0 bridgehead atoms. The molecule has 0 aliphatic heterocycles. The molecule has 7 heteroatoms. The van der Waals surface area contributed by atoms with E-state index in [0.717, 1.165) is 0 Å². The van der Waals surface area contributed by atoms with Gasteiger partial charge in [-0.3, -0.25) is 0 Å². The van der Waals surface area contributed by atoms with Crippen molar-refractivity contribution in [1.82, 2.24) is 4.85 Å². The van der Waals surface area contributed by atoms with Gasteiger partial charge in [0.2, 0.25) is 0 Å². The molecule has 17 heavy (non-hydrogen) atoms. The summed E-state index contributed by atoms with van der Waals surface area (Å²) in [4.78, 5) is 0.659. The van der Waals surface area contributed by atoms with Crippen LogP contribution in [-0.2, 0) is 0 Å². The van der Waals surface area contributed by atoms with E-state index < -0.39 is 0 Å². The van der Waals surface area contributed by atoms with Gasteiger partial charge in [0.25, 0.3) is 0 Å². The minimum atomic E-state index is -0.0398. The zero-order valence-corrected chi connectivity index (χ0v) is 9.63. The largest absolute Gasteiger partial charge is 0.591 e. The molecule has 2 rings (SSSR count). The van der Waals surface area contributed by atoms with Crippen molar-refractivity contribution in [1.29, 1.82) is 0 Å². The first-order valence-electron chi connectivity index (χ1n) is 4.77. The molecule has 0 amide bonds. The lowest BCUT2D eigenvalue weighted by molar-refractivity contribution is -0.725. The van der Waals surface area contributed by atoms with E-state index in [0.29, 0.717) is 21.7 Å². The Bertz CT molecular complexity index is 564. The van der Waals surface area contributed by atoms with Crippen molar-refractivity contribution in [2.75, 3.05) is 21.3 Å². The molecule has 2 aromatic rings. The molecular weight excluding hydrogens is 228 g/mol. The van der Waals surface area contributed by atoms with Gasteiger partial charge in [0, 0.05) is 17.0 Å². The van der Waals surface area contributed by atoms with Gasteiger partial charge in [0.1, 0.15) is 11.5 Å². The molecule has 0 saturated carbocycles. The maximum atomic E-state index is 11.6. The van der Waals surface area contributed by atoms with Gasteiger partial charge in [-0.1, -0.05) is 0 Å². The van der Waals surface area contributed by atoms with Crippen LogP contribution in [0, 0.1) is 5.21 Å². The normalized spacial score (nSPS) is 10.5. The molecule has 1 N–H and O–H groups in total. The lowest BCUT2D eigenvalue weighted by Crippen LogP contribution is -2.36. The predicted molar refractivity (Wildman–Crippen MR) is 57.7 cm³/mol. The van der Waals surface area contributed by atoms with E-state index in [1.807, 2.05) is 0 Å². The summed E-state index contributed by atoms with van der Waals surface area (Å²) >= 11 is 0. The molecule has 92 valence electrons. The minimum Gasteiger partial charge on any atom is -0.591 e. The highest BCUT2D eigenvalue weighted by Crippen LogP contribution is 2.35. The number of aromatic nitrogens is 2. The summed E-state index contributed by atoms with van der Waals surface area (Å²) in [5, 5.41) is 21.6. The Morgan fingerprint density at radius 3 is 2.41 bits per heavy atom. The summed E-state index contributed by atoms with van der Waals surface area (Å²) in [5.41, 5.74) is 0.244. The van der Waals surface area contributed by atoms with E-state index in [4.69, 9.17) is 14.2 Å². The summed E-state index contributed by atoms with van der Waals surface area (Å²) in [6.45, 7) is 0. The van der Waals surface area contributed by atoms with Crippen LogP contribution in [0.25, 0.3) is 10.9 Å². The lowest BCUT2D eigenvalue weighted by atomic mass is 10.2. The third-order valence-electron chi connectivity index (χ3n) is 2.48. The predicted octanol–water partition coefficient (Wildman–Crippen LogP) is 0.538. The first-order chi connectivity index (χ1) is 8.13. The quantitative estimate of drug-likeness (QED) is 0.481. The molecule has 1 heterocycles. The zero-order valence-electron chi connectivity index (χ0n) is 9.63. The molecule has 1 aromatic heterocycles. The Labute approximate surface area is 96.9 Å². The Balaban J connectivity index is 2.89. The number of rotatable bonds is 3. The van der Waals surface area contributed by atoms with Crippen molar-refractivity contribution in [3.63, 3.8) is 0 Å². The van der Waals surface area contributed by atoms with Crippen LogP contribution in [0.3, 0.4) is 0 Å². The molecule has 0 radical (unpaired) electrons. The molecular formula is C10H12N2O5. The highest BCUT2D eigenvalue weighted by Gasteiger charge is 2.26. The van der Waals surface area contributed by atoms with Gasteiger partial charge in [0.05, 0.1) is 21.3 Å². The number of benzene rings is 1. The van der Waals surface area contributed by atoms with E-state index in [9.17, 15) is 10.4 Å². The third-order valence-corrected chi connectivity index (χ3v) is 2.48. The Kier molecular flexibility index (Phi) is 2.58. The third kappa shape index (κ3) is 1.47. The minimum absolute atomic E-state index is 0.0398. The van der Waals surface area contributed by atoms with Crippen LogP contribution in [0.4, 0.5) is 0 Å². The van der Waals surface area contributed by atoms with Crippen molar-refractivity contribution < 1.29 is 24.3 Å². The van der Waals surface area contributed by atoms with Gasteiger partial charge < -0.3 is 24.6 Å². The topological polar surface area (TPSA) is 79.8 Å². The van der Waals surface area contributed by atoms with Gasteiger partial charge >= 0.3 is 5.88 Å². The van der Waals surface area contributed by atoms with Crippen LogP contribution in [-0.4, -0.2) is 31.4 Å². The second-order valence-corrected chi connectivity index (χ2v) is 3.30. The highest BCUT2D eigenvalue weighted by atomic mass is 16.6. The highest BCUT2D eigenvalue weighted by molar-refractivity contribution is 5.90. The Morgan fingerprint density at radius 2 is 1.88 bits per heavy atom. The average molecular weight is 240 g/mol. The van der Waals surface area contributed by atoms with Crippen molar-refractivity contribution in [2.24, 2.45) is 0 Å². The maximum Gasteiger partial charge on any atom is 0.420 e. The molecule has 0 aliphatic carbocycles. The molecule has 0 aliphatic rings. The van der Waals surface area contributed by atoms with Crippen LogP contribution in [0.1, 0.15) is 0 Å². The second kappa shape index (κ2) is 3.93. The van der Waals surface area contributed by atoms with Crippen LogP contribution in [0.5, 0.6) is 17.4 Å². The molecule has 0 unspecified atom stereocenters. The SMILES string of the molecule is COc1cc(OC)c2c(OC)[n+]([O-])n(O)c2c1. The smallest absolute Gasteiger partial charge is 0.420 e.